The van der Waals surface area contributed by atoms with Gasteiger partial charge in [-0.05, 0) is 98.0 Å². The van der Waals surface area contributed by atoms with E-state index in [1.165, 1.54) is 14.2 Å². The van der Waals surface area contributed by atoms with Crippen LogP contribution in [0.15, 0.2) is 53.5 Å². The molecule has 1 aromatic carbocycles. The van der Waals surface area contributed by atoms with Crippen LogP contribution in [0.5, 0.6) is 5.75 Å². The Morgan fingerprint density at radius 3 is 2.40 bits per heavy atom. The summed E-state index contributed by atoms with van der Waals surface area (Å²) >= 11 is 0. The zero-order valence-corrected chi connectivity index (χ0v) is 27.6. The van der Waals surface area contributed by atoms with Crippen molar-refractivity contribution in [3.8, 4) is 5.75 Å². The van der Waals surface area contributed by atoms with Crippen LogP contribution in [-0.4, -0.2) is 56.7 Å². The van der Waals surface area contributed by atoms with Crippen LogP contribution in [0.1, 0.15) is 77.7 Å². The topological polar surface area (TPSA) is 101 Å². The number of rotatable bonds is 8. The molecule has 1 N–H and O–H groups in total. The minimum Gasteiger partial charge on any atom is -0.498 e. The number of fused-ring (bicyclic) bond motifs is 5. The van der Waals surface area contributed by atoms with Crippen LogP contribution < -0.4 is 4.74 Å². The highest BCUT2D eigenvalue weighted by molar-refractivity contribution is 5.99. The Morgan fingerprint density at radius 2 is 1.73 bits per heavy atom. The number of hydrogen-bond acceptors (Lipinski definition) is 8. The number of carbonyl (C=O) groups excluding carboxylic acids is 2. The summed E-state index contributed by atoms with van der Waals surface area (Å²) in [6.45, 7) is 5.83. The first-order chi connectivity index (χ1) is 21.7. The predicted octanol–water partition coefficient (Wildman–Crippen LogP) is 6.63. The molecule has 2 unspecified atom stereocenters. The molecule has 246 valence electrons. The molecular formula is C37H50O8. The quantitative estimate of drug-likeness (QED) is 0.196. The molecule has 0 aromatic heterocycles. The van der Waals surface area contributed by atoms with Crippen molar-refractivity contribution in [1.29, 1.82) is 0 Å². The molecule has 5 rings (SSSR count). The number of ether oxygens (including phenoxy) is 5. The summed E-state index contributed by atoms with van der Waals surface area (Å²) in [5.74, 6) is 1.45. The van der Waals surface area contributed by atoms with Gasteiger partial charge in [0.1, 0.15) is 17.6 Å². The summed E-state index contributed by atoms with van der Waals surface area (Å²) in [5.41, 5.74) is 3.00. The van der Waals surface area contributed by atoms with Crippen molar-refractivity contribution in [1.82, 2.24) is 0 Å². The largest absolute Gasteiger partial charge is 0.498 e. The average Bonchev–Trinajstić information content (AvgIpc) is 3.62. The Hall–Kier alpha value is -3.10. The maximum atomic E-state index is 14.1. The van der Waals surface area contributed by atoms with Gasteiger partial charge in [-0.1, -0.05) is 44.6 Å². The minimum atomic E-state index is -1.25. The number of allylic oxidation sites excluding steroid dienone is 5. The number of cyclic esters (lactones) is 1. The maximum Gasteiger partial charge on any atom is 0.306 e. The van der Waals surface area contributed by atoms with E-state index in [-0.39, 0.29) is 71.6 Å². The van der Waals surface area contributed by atoms with Crippen molar-refractivity contribution in [3.63, 3.8) is 0 Å². The summed E-state index contributed by atoms with van der Waals surface area (Å²) in [6.07, 6.45) is 8.97. The van der Waals surface area contributed by atoms with Crippen LogP contribution in [-0.2, 0) is 28.5 Å². The molecule has 0 spiro atoms. The molecule has 2 fully saturated rings. The standard InChI is InChI=1S/C37H50O8/c1-7-25-11-9-8-10-21(2)35(39)32-19-30-28-18-27(45-37(40)36(43-6)22(3)41-4)16-24(28)17-29(23-12-14-26(42-5)15-13-23)34(30)31(32)20-33(38)44-25/h12-15,17,19,21,24-25,27-28,30-31,34,37,40H,7-11,16,18,20H2,1-6H3/b36-22+/t21-,24?,25+,27-,28-,30+,31-,34?,37+/m1/s1. The Bertz CT molecular complexity index is 1310. The number of esters is 1. The number of hydrogen-bond donors (Lipinski definition) is 1. The van der Waals surface area contributed by atoms with Gasteiger partial charge in [-0.15, -0.1) is 0 Å². The summed E-state index contributed by atoms with van der Waals surface area (Å²) in [6, 6.07) is 8.06. The van der Waals surface area contributed by atoms with Crippen molar-refractivity contribution in [2.45, 2.75) is 90.6 Å². The maximum absolute atomic E-state index is 14.1. The van der Waals surface area contributed by atoms with Gasteiger partial charge >= 0.3 is 5.97 Å². The van der Waals surface area contributed by atoms with Crippen LogP contribution in [0.2, 0.25) is 0 Å². The highest BCUT2D eigenvalue weighted by atomic mass is 16.6. The van der Waals surface area contributed by atoms with Crippen LogP contribution in [0.3, 0.4) is 0 Å². The Labute approximate surface area is 267 Å². The van der Waals surface area contributed by atoms with Crippen LogP contribution >= 0.6 is 0 Å². The highest BCUT2D eigenvalue weighted by Gasteiger charge is 2.53. The Kier molecular flexibility index (Phi) is 10.8. The van der Waals surface area contributed by atoms with Crippen molar-refractivity contribution in [2.75, 3.05) is 21.3 Å². The molecule has 1 heterocycles. The summed E-state index contributed by atoms with van der Waals surface area (Å²) in [4.78, 5) is 27.6. The van der Waals surface area contributed by atoms with Crippen molar-refractivity contribution < 1.29 is 38.4 Å². The number of aliphatic hydroxyl groups excluding tert-OH is 1. The van der Waals surface area contributed by atoms with Gasteiger partial charge in [0.2, 0.25) is 6.29 Å². The van der Waals surface area contributed by atoms with E-state index in [4.69, 9.17) is 23.7 Å². The van der Waals surface area contributed by atoms with E-state index < -0.39 is 6.29 Å². The predicted molar refractivity (Wildman–Crippen MR) is 171 cm³/mol. The lowest BCUT2D eigenvalue weighted by Gasteiger charge is -2.39. The zero-order chi connectivity index (χ0) is 32.2. The average molecular weight is 623 g/mol. The van der Waals surface area contributed by atoms with Gasteiger partial charge in [0.15, 0.2) is 11.5 Å². The summed E-state index contributed by atoms with van der Waals surface area (Å²) < 4.78 is 28.3. The fourth-order valence-electron chi connectivity index (χ4n) is 8.19. The van der Waals surface area contributed by atoms with Gasteiger partial charge in [0.05, 0.1) is 33.9 Å². The molecule has 9 atom stereocenters. The number of carbonyl (C=O) groups is 2. The summed E-state index contributed by atoms with van der Waals surface area (Å²) in [7, 11) is 4.67. The minimum absolute atomic E-state index is 0.0461. The molecule has 0 amide bonds. The molecule has 1 aromatic rings. The molecule has 45 heavy (non-hydrogen) atoms. The van der Waals surface area contributed by atoms with Crippen LogP contribution in [0, 0.1) is 35.5 Å². The lowest BCUT2D eigenvalue weighted by molar-refractivity contribution is -0.151. The third kappa shape index (κ3) is 7.02. The van der Waals surface area contributed by atoms with Gasteiger partial charge in [-0.3, -0.25) is 9.59 Å². The van der Waals surface area contributed by atoms with E-state index in [1.807, 2.05) is 19.1 Å². The van der Waals surface area contributed by atoms with Gasteiger partial charge < -0.3 is 28.8 Å². The molecule has 0 bridgehead atoms. The van der Waals surface area contributed by atoms with Gasteiger partial charge in [0, 0.05) is 11.8 Å². The van der Waals surface area contributed by atoms with E-state index in [1.54, 1.807) is 14.0 Å². The highest BCUT2D eigenvalue weighted by Crippen LogP contribution is 2.58. The SMILES string of the molecule is CC[C@H]1CCCC[C@@H](C)C(=O)C2=C[C@@H]3C(C(c4ccc(OC)cc4)=CC4C[C@@H](O[C@H](O)/C(OC)=C(/C)OC)C[C@H]43)[C@@H]2CC(=O)O1. The molecule has 8 heteroatoms. The molecule has 1 aliphatic heterocycles. The molecule has 1 saturated carbocycles. The second-order valence-electron chi connectivity index (χ2n) is 13.2. The van der Waals surface area contributed by atoms with Gasteiger partial charge in [0.25, 0.3) is 0 Å². The first-order valence-electron chi connectivity index (χ1n) is 16.6. The number of Topliss-reactive ketones (excluding diaryl/α,β-unsaturated/α-hetero) is 1. The second kappa shape index (κ2) is 14.5. The normalized spacial score (nSPS) is 33.1. The van der Waals surface area contributed by atoms with E-state index in [2.05, 4.69) is 31.2 Å². The van der Waals surface area contributed by atoms with E-state index in [0.29, 0.717) is 5.76 Å². The van der Waals surface area contributed by atoms with Gasteiger partial charge in [-0.25, -0.2) is 0 Å². The fourth-order valence-corrected chi connectivity index (χ4v) is 8.19. The fraction of sp³-hybridized carbons (Fsp3) is 0.622. The molecule has 3 aliphatic carbocycles. The Morgan fingerprint density at radius 1 is 1.00 bits per heavy atom. The van der Waals surface area contributed by atoms with Gasteiger partial charge in [-0.2, -0.15) is 0 Å². The number of ketones is 1. The second-order valence-corrected chi connectivity index (χ2v) is 13.2. The Balaban J connectivity index is 1.52. The number of methoxy groups -OCH3 is 3. The monoisotopic (exact) mass is 622 g/mol. The zero-order valence-electron chi connectivity index (χ0n) is 27.6. The lowest BCUT2D eigenvalue weighted by atomic mass is 9.65. The first kappa shape index (κ1) is 33.3. The van der Waals surface area contributed by atoms with Crippen molar-refractivity contribution in [2.24, 2.45) is 35.5 Å². The molecule has 0 radical (unpaired) electrons. The lowest BCUT2D eigenvalue weighted by Crippen LogP contribution is -2.33. The third-order valence-electron chi connectivity index (χ3n) is 10.6. The van der Waals surface area contributed by atoms with E-state index in [0.717, 1.165) is 67.4 Å². The smallest absolute Gasteiger partial charge is 0.306 e. The number of benzene rings is 1. The third-order valence-corrected chi connectivity index (χ3v) is 10.6. The first-order valence-corrected chi connectivity index (χ1v) is 16.6. The molecule has 8 nitrogen and oxygen atoms in total. The molecular weight excluding hydrogens is 572 g/mol. The van der Waals surface area contributed by atoms with Crippen LogP contribution in [0.4, 0.5) is 0 Å². The number of aliphatic hydroxyl groups is 1. The summed E-state index contributed by atoms with van der Waals surface area (Å²) in [5, 5.41) is 10.9. The van der Waals surface area contributed by atoms with Crippen LogP contribution in [0.25, 0.3) is 5.57 Å². The van der Waals surface area contributed by atoms with E-state index >= 15 is 0 Å². The van der Waals surface area contributed by atoms with Crippen molar-refractivity contribution in [3.05, 3.63) is 59.1 Å². The van der Waals surface area contributed by atoms with E-state index in [9.17, 15) is 14.7 Å². The molecule has 1 saturated heterocycles. The molecule has 4 aliphatic rings. The van der Waals surface area contributed by atoms with Crippen molar-refractivity contribution >= 4 is 17.3 Å².